The van der Waals surface area contributed by atoms with Gasteiger partial charge >= 0.3 is 0 Å². The van der Waals surface area contributed by atoms with Crippen molar-refractivity contribution in [2.24, 2.45) is 0 Å². The van der Waals surface area contributed by atoms with Crippen LogP contribution < -0.4 is 5.32 Å². The van der Waals surface area contributed by atoms with E-state index in [0.29, 0.717) is 22.4 Å². The second-order valence-corrected chi connectivity index (χ2v) is 7.97. The number of aliphatic hydroxyl groups is 1. The highest BCUT2D eigenvalue weighted by Gasteiger charge is 2.35. The van der Waals surface area contributed by atoms with Crippen molar-refractivity contribution in [2.75, 3.05) is 18.5 Å². The van der Waals surface area contributed by atoms with Crippen LogP contribution in [0.25, 0.3) is 0 Å². The summed E-state index contributed by atoms with van der Waals surface area (Å²) in [5.41, 5.74) is 1.77. The number of ether oxygens (including phenoxy) is 1. The molecule has 3 aromatic rings. The molecule has 7 nitrogen and oxygen atoms in total. The predicted molar refractivity (Wildman–Crippen MR) is 120 cm³/mol. The van der Waals surface area contributed by atoms with E-state index >= 15 is 0 Å². The first-order valence-corrected chi connectivity index (χ1v) is 10.6. The van der Waals surface area contributed by atoms with E-state index in [1.807, 2.05) is 0 Å². The van der Waals surface area contributed by atoms with Gasteiger partial charge in [0, 0.05) is 29.6 Å². The molecule has 2 heterocycles. The highest BCUT2D eigenvalue weighted by atomic mass is 35.5. The summed E-state index contributed by atoms with van der Waals surface area (Å²) in [7, 11) is 0. The summed E-state index contributed by atoms with van der Waals surface area (Å²) in [5.74, 6) is -1.09. The van der Waals surface area contributed by atoms with E-state index in [-0.39, 0.29) is 36.7 Å². The number of nitrogens with one attached hydrogen (secondary N) is 1. The van der Waals surface area contributed by atoms with Gasteiger partial charge in [0.15, 0.2) is 0 Å². The molecule has 0 unspecified atom stereocenters. The molecule has 1 aromatic heterocycles. The van der Waals surface area contributed by atoms with Crippen molar-refractivity contribution in [2.45, 2.75) is 18.7 Å². The molecule has 4 rings (SSSR count). The van der Waals surface area contributed by atoms with Crippen LogP contribution >= 0.6 is 11.6 Å². The molecule has 2 N–H and O–H groups in total. The maximum atomic E-state index is 14.1. The Morgan fingerprint density at radius 2 is 2.00 bits per heavy atom. The van der Waals surface area contributed by atoms with Gasteiger partial charge in [-0.1, -0.05) is 41.9 Å². The van der Waals surface area contributed by atoms with Gasteiger partial charge < -0.3 is 20.1 Å². The van der Waals surface area contributed by atoms with Crippen LogP contribution in [0, 0.1) is 5.82 Å². The molecule has 0 spiro atoms. The lowest BCUT2D eigenvalue weighted by molar-refractivity contribution is -0.155. The Morgan fingerprint density at radius 1 is 1.24 bits per heavy atom. The molecule has 33 heavy (non-hydrogen) atoms. The minimum Gasteiger partial charge on any atom is -0.386 e. The van der Waals surface area contributed by atoms with E-state index < -0.39 is 18.0 Å². The number of pyridine rings is 1. The zero-order valence-corrected chi connectivity index (χ0v) is 18.2. The Balaban J connectivity index is 1.48. The molecule has 2 atom stereocenters. The van der Waals surface area contributed by atoms with E-state index in [4.69, 9.17) is 16.3 Å². The Labute approximate surface area is 194 Å². The quantitative estimate of drug-likeness (QED) is 0.538. The van der Waals surface area contributed by atoms with E-state index in [1.54, 1.807) is 48.5 Å². The van der Waals surface area contributed by atoms with Crippen molar-refractivity contribution in [3.05, 3.63) is 94.5 Å². The van der Waals surface area contributed by atoms with Gasteiger partial charge in [-0.15, -0.1) is 0 Å². The number of carbonyl (C=O) groups excluding carboxylic acids is 2. The van der Waals surface area contributed by atoms with Crippen LogP contribution in [0.15, 0.2) is 66.9 Å². The van der Waals surface area contributed by atoms with Gasteiger partial charge in [-0.05, 0) is 35.9 Å². The average molecular weight is 470 g/mol. The van der Waals surface area contributed by atoms with Crippen molar-refractivity contribution in [3.63, 3.8) is 0 Å². The molecular formula is C24H21ClFN3O4. The third kappa shape index (κ3) is 5.36. The lowest BCUT2D eigenvalue weighted by Gasteiger charge is -2.38. The van der Waals surface area contributed by atoms with Gasteiger partial charge in [0.1, 0.15) is 23.7 Å². The predicted octanol–water partition coefficient (Wildman–Crippen LogP) is 3.59. The van der Waals surface area contributed by atoms with Gasteiger partial charge in [0.05, 0.1) is 12.6 Å². The van der Waals surface area contributed by atoms with Crippen molar-refractivity contribution < 1.29 is 23.8 Å². The van der Waals surface area contributed by atoms with Gasteiger partial charge in [0.2, 0.25) is 5.91 Å². The van der Waals surface area contributed by atoms with Crippen molar-refractivity contribution in [1.82, 2.24) is 9.88 Å². The number of carbonyl (C=O) groups is 2. The van der Waals surface area contributed by atoms with E-state index in [0.717, 1.165) is 0 Å². The highest BCUT2D eigenvalue weighted by molar-refractivity contribution is 6.29. The number of amides is 2. The second-order valence-electron chi connectivity index (χ2n) is 7.58. The molecule has 170 valence electrons. The third-order valence-electron chi connectivity index (χ3n) is 5.40. The molecule has 9 heteroatoms. The number of nitrogens with zero attached hydrogens (tertiary/aromatic N) is 2. The van der Waals surface area contributed by atoms with Gasteiger partial charge in [0.25, 0.3) is 5.91 Å². The summed E-state index contributed by atoms with van der Waals surface area (Å²) < 4.78 is 19.5. The van der Waals surface area contributed by atoms with Crippen molar-refractivity contribution in [3.8, 4) is 0 Å². The zero-order chi connectivity index (χ0) is 23.4. The molecule has 2 amide bonds. The third-order valence-corrected chi connectivity index (χ3v) is 5.60. The number of hydrogen-bond acceptors (Lipinski definition) is 5. The summed E-state index contributed by atoms with van der Waals surface area (Å²) in [5, 5.41) is 13.9. The van der Waals surface area contributed by atoms with Gasteiger partial charge in [-0.3, -0.25) is 9.59 Å². The normalized spacial score (nSPS) is 17.0. The van der Waals surface area contributed by atoms with Gasteiger partial charge in [-0.2, -0.15) is 0 Å². The lowest BCUT2D eigenvalue weighted by Crippen LogP contribution is -2.51. The molecule has 0 saturated carbocycles. The summed E-state index contributed by atoms with van der Waals surface area (Å²) in [6.45, 7) is 0.0174. The molecule has 0 bridgehead atoms. The average Bonchev–Trinajstić information content (AvgIpc) is 2.82. The Kier molecular flexibility index (Phi) is 6.98. The van der Waals surface area contributed by atoms with Crippen molar-refractivity contribution in [1.29, 1.82) is 0 Å². The maximum absolute atomic E-state index is 14.1. The fourth-order valence-corrected chi connectivity index (χ4v) is 3.81. The fourth-order valence-electron chi connectivity index (χ4n) is 3.63. The molecule has 1 saturated heterocycles. The van der Waals surface area contributed by atoms with Crippen LogP contribution in [0.3, 0.4) is 0 Å². The number of benzene rings is 2. The Morgan fingerprint density at radius 3 is 2.73 bits per heavy atom. The zero-order valence-electron chi connectivity index (χ0n) is 17.4. The first-order chi connectivity index (χ1) is 15.9. The van der Waals surface area contributed by atoms with E-state index in [9.17, 15) is 19.1 Å². The number of aliphatic hydroxyl groups excluding tert-OH is 1. The Hall–Kier alpha value is -3.33. The molecule has 0 aliphatic carbocycles. The minimum atomic E-state index is -1.07. The second kappa shape index (κ2) is 10.1. The summed E-state index contributed by atoms with van der Waals surface area (Å²) in [6.07, 6.45) is 0.377. The maximum Gasteiger partial charge on any atom is 0.255 e. The number of morpholine rings is 1. The number of hydrogen-bond donors (Lipinski definition) is 2. The van der Waals surface area contributed by atoms with Crippen LogP contribution in [0.5, 0.6) is 0 Å². The highest BCUT2D eigenvalue weighted by Crippen LogP contribution is 2.27. The molecule has 1 fully saturated rings. The Bertz CT molecular complexity index is 1160. The number of anilines is 1. The first kappa shape index (κ1) is 22.8. The number of halogens is 2. The minimum absolute atomic E-state index is 0.0270. The summed E-state index contributed by atoms with van der Waals surface area (Å²) in [4.78, 5) is 30.2. The smallest absolute Gasteiger partial charge is 0.255 e. The standard InChI is InChI=1S/C24H21ClFN3O4/c25-21-11-16(9-10-27-21)24(32)28-18-7-5-15(6-8-18)23(31)20-13-33-14-22(30)29(20)12-17-3-1-2-4-19(17)26/h1-11,20,23,31H,12-14H2,(H,28,32)/t20-,23-/m1/s1. The summed E-state index contributed by atoms with van der Waals surface area (Å²) in [6, 6.07) is 15.1. The van der Waals surface area contributed by atoms with Gasteiger partial charge in [-0.25, -0.2) is 9.37 Å². The lowest BCUT2D eigenvalue weighted by atomic mass is 9.99. The topological polar surface area (TPSA) is 91.8 Å². The molecular weight excluding hydrogens is 449 g/mol. The van der Waals surface area contributed by atoms with Crippen LogP contribution in [0.4, 0.5) is 10.1 Å². The van der Waals surface area contributed by atoms with E-state index in [2.05, 4.69) is 10.3 Å². The molecule has 1 aliphatic rings. The SMILES string of the molecule is O=C(Nc1ccc([C@@H](O)[C@H]2COCC(=O)N2Cc2ccccc2F)cc1)c1ccnc(Cl)c1. The largest absolute Gasteiger partial charge is 0.386 e. The monoisotopic (exact) mass is 469 g/mol. The molecule has 1 aliphatic heterocycles. The molecule has 2 aromatic carbocycles. The molecule has 0 radical (unpaired) electrons. The number of rotatable bonds is 6. The van der Waals surface area contributed by atoms with Crippen LogP contribution in [-0.4, -0.2) is 46.1 Å². The van der Waals surface area contributed by atoms with Crippen LogP contribution in [0.2, 0.25) is 5.15 Å². The fraction of sp³-hybridized carbons (Fsp3) is 0.208. The van der Waals surface area contributed by atoms with Crippen molar-refractivity contribution >= 4 is 29.1 Å². The van der Waals surface area contributed by atoms with Crippen LogP contribution in [0.1, 0.15) is 27.6 Å². The van der Waals surface area contributed by atoms with Crippen LogP contribution in [-0.2, 0) is 16.1 Å². The first-order valence-electron chi connectivity index (χ1n) is 10.2. The van der Waals surface area contributed by atoms with E-state index in [1.165, 1.54) is 23.2 Å². The summed E-state index contributed by atoms with van der Waals surface area (Å²) >= 11 is 5.83. The number of aromatic nitrogens is 1.